The van der Waals surface area contributed by atoms with Gasteiger partial charge >= 0.3 is 11.9 Å². The molecule has 1 aromatic rings. The van der Waals surface area contributed by atoms with Crippen LogP contribution in [0.3, 0.4) is 0 Å². The van der Waals surface area contributed by atoms with Crippen molar-refractivity contribution in [3.05, 3.63) is 30.0 Å². The van der Waals surface area contributed by atoms with E-state index in [1.165, 1.54) is 33.5 Å². The van der Waals surface area contributed by atoms with Crippen molar-refractivity contribution in [3.8, 4) is 11.5 Å². The van der Waals surface area contributed by atoms with Crippen molar-refractivity contribution in [1.29, 1.82) is 0 Å². The van der Waals surface area contributed by atoms with Gasteiger partial charge in [0.05, 0.1) is 27.4 Å². The molecule has 130 valence electrons. The Balaban J connectivity index is 3.03. The molecule has 0 spiro atoms. The molecule has 0 fully saturated rings. The summed E-state index contributed by atoms with van der Waals surface area (Å²) >= 11 is 0. The van der Waals surface area contributed by atoms with Crippen molar-refractivity contribution >= 4 is 23.5 Å². The highest BCUT2D eigenvalue weighted by molar-refractivity contribution is 5.98. The molecule has 0 heterocycles. The molecule has 0 aliphatic rings. The van der Waals surface area contributed by atoms with Crippen LogP contribution in [-0.4, -0.2) is 45.8 Å². The van der Waals surface area contributed by atoms with Gasteiger partial charge in [-0.15, -0.1) is 0 Å². The van der Waals surface area contributed by atoms with Gasteiger partial charge < -0.3 is 30.0 Å². The zero-order valence-corrected chi connectivity index (χ0v) is 13.5. The third kappa shape index (κ3) is 5.52. The van der Waals surface area contributed by atoms with Crippen LogP contribution in [-0.2, 0) is 23.9 Å². The average Bonchev–Trinajstić information content (AvgIpc) is 2.58. The SMILES string of the molecule is COC(=O)/C=C(/Nc1ccc(OCC(N)=O)c(OC)c1)C(=O)OC. The number of amides is 1. The van der Waals surface area contributed by atoms with E-state index in [0.29, 0.717) is 17.2 Å². The molecule has 0 saturated heterocycles. The summed E-state index contributed by atoms with van der Waals surface area (Å²) in [4.78, 5) is 33.8. The summed E-state index contributed by atoms with van der Waals surface area (Å²) in [6, 6.07) is 4.56. The van der Waals surface area contributed by atoms with Crippen LogP contribution in [0.25, 0.3) is 0 Å². The lowest BCUT2D eigenvalue weighted by Gasteiger charge is -2.13. The number of hydrogen-bond donors (Lipinski definition) is 2. The fourth-order valence-electron chi connectivity index (χ4n) is 1.60. The number of nitrogens with two attached hydrogens (primary N) is 1. The number of esters is 2. The summed E-state index contributed by atoms with van der Waals surface area (Å²) in [6.07, 6.45) is 0.954. The molecule has 0 radical (unpaired) electrons. The minimum absolute atomic E-state index is 0.128. The average molecular weight is 338 g/mol. The van der Waals surface area contributed by atoms with Crippen LogP contribution in [0.15, 0.2) is 30.0 Å². The fourth-order valence-corrected chi connectivity index (χ4v) is 1.60. The molecule has 1 amide bonds. The number of nitrogens with one attached hydrogen (secondary N) is 1. The highest BCUT2D eigenvalue weighted by Crippen LogP contribution is 2.30. The summed E-state index contributed by atoms with van der Waals surface area (Å²) < 4.78 is 19.4. The first kappa shape index (κ1) is 18.8. The van der Waals surface area contributed by atoms with Crippen molar-refractivity contribution in [2.45, 2.75) is 0 Å². The van der Waals surface area contributed by atoms with E-state index in [9.17, 15) is 14.4 Å². The number of carbonyl (C=O) groups is 3. The van der Waals surface area contributed by atoms with Crippen LogP contribution in [0, 0.1) is 0 Å². The van der Waals surface area contributed by atoms with Crippen LogP contribution < -0.4 is 20.5 Å². The first-order valence-corrected chi connectivity index (χ1v) is 6.65. The quantitative estimate of drug-likeness (QED) is 0.508. The Morgan fingerprint density at radius 1 is 1.12 bits per heavy atom. The Bertz CT molecular complexity index is 655. The molecule has 9 heteroatoms. The molecule has 0 aromatic heterocycles. The normalized spacial score (nSPS) is 10.5. The number of carbonyl (C=O) groups excluding carboxylic acids is 3. The fraction of sp³-hybridized carbons (Fsp3) is 0.267. The summed E-state index contributed by atoms with van der Waals surface area (Å²) in [7, 11) is 3.76. The second-order valence-corrected chi connectivity index (χ2v) is 4.32. The topological polar surface area (TPSA) is 126 Å². The Morgan fingerprint density at radius 2 is 1.83 bits per heavy atom. The zero-order valence-electron chi connectivity index (χ0n) is 13.5. The largest absolute Gasteiger partial charge is 0.493 e. The van der Waals surface area contributed by atoms with Gasteiger partial charge in [-0.3, -0.25) is 4.79 Å². The maximum atomic E-state index is 11.7. The van der Waals surface area contributed by atoms with E-state index in [4.69, 9.17) is 15.2 Å². The van der Waals surface area contributed by atoms with E-state index in [-0.39, 0.29) is 12.3 Å². The standard InChI is InChI=1S/C15H18N2O7/c1-21-12-6-9(4-5-11(12)24-8-13(16)18)17-10(15(20)23-3)7-14(19)22-2/h4-7,17H,8H2,1-3H3,(H2,16,18)/b10-7+. The molecule has 3 N–H and O–H groups in total. The molecule has 0 saturated carbocycles. The van der Waals surface area contributed by atoms with Gasteiger partial charge in [-0.2, -0.15) is 0 Å². The smallest absolute Gasteiger partial charge is 0.354 e. The van der Waals surface area contributed by atoms with Crippen molar-refractivity contribution < 1.29 is 33.3 Å². The number of rotatable bonds is 8. The molecule has 1 aromatic carbocycles. The Labute approximate surface area is 138 Å². The lowest BCUT2D eigenvalue weighted by atomic mass is 10.2. The van der Waals surface area contributed by atoms with E-state index in [2.05, 4.69) is 14.8 Å². The van der Waals surface area contributed by atoms with Crippen LogP contribution in [0.2, 0.25) is 0 Å². The maximum absolute atomic E-state index is 11.7. The van der Waals surface area contributed by atoms with Gasteiger partial charge in [0.25, 0.3) is 5.91 Å². The predicted molar refractivity (Wildman–Crippen MR) is 83.4 cm³/mol. The monoisotopic (exact) mass is 338 g/mol. The van der Waals surface area contributed by atoms with Gasteiger partial charge in [0.15, 0.2) is 18.1 Å². The van der Waals surface area contributed by atoms with Gasteiger partial charge in [-0.1, -0.05) is 0 Å². The highest BCUT2D eigenvalue weighted by Gasteiger charge is 2.14. The van der Waals surface area contributed by atoms with Crippen LogP contribution in [0.5, 0.6) is 11.5 Å². The molecule has 1 rings (SSSR count). The number of benzene rings is 1. The number of anilines is 1. The van der Waals surface area contributed by atoms with Gasteiger partial charge in [0.1, 0.15) is 5.70 Å². The summed E-state index contributed by atoms with van der Waals surface area (Å²) in [5, 5.41) is 2.72. The Kier molecular flexibility index (Phi) is 7.08. The van der Waals surface area contributed by atoms with E-state index >= 15 is 0 Å². The van der Waals surface area contributed by atoms with Crippen LogP contribution in [0.4, 0.5) is 5.69 Å². The van der Waals surface area contributed by atoms with E-state index in [1.807, 2.05) is 0 Å². The minimum Gasteiger partial charge on any atom is -0.493 e. The lowest BCUT2D eigenvalue weighted by molar-refractivity contribution is -0.138. The highest BCUT2D eigenvalue weighted by atomic mass is 16.5. The van der Waals surface area contributed by atoms with E-state index in [1.54, 1.807) is 6.07 Å². The number of hydrogen-bond acceptors (Lipinski definition) is 8. The maximum Gasteiger partial charge on any atom is 0.354 e. The first-order chi connectivity index (χ1) is 11.4. The van der Waals surface area contributed by atoms with Crippen molar-refractivity contribution in [2.75, 3.05) is 33.3 Å². The second-order valence-electron chi connectivity index (χ2n) is 4.32. The minimum atomic E-state index is -0.756. The summed E-state index contributed by atoms with van der Waals surface area (Å²) in [5.41, 5.74) is 5.30. The molecule has 0 atom stereocenters. The van der Waals surface area contributed by atoms with Crippen molar-refractivity contribution in [2.24, 2.45) is 5.73 Å². The Morgan fingerprint density at radius 3 is 2.38 bits per heavy atom. The number of ether oxygens (including phenoxy) is 4. The molecule has 24 heavy (non-hydrogen) atoms. The molecular formula is C15H18N2O7. The third-order valence-electron chi connectivity index (χ3n) is 2.68. The van der Waals surface area contributed by atoms with Gasteiger partial charge in [0, 0.05) is 11.8 Å². The molecule has 0 aliphatic carbocycles. The summed E-state index contributed by atoms with van der Waals surface area (Å²) in [6.45, 7) is -0.307. The van der Waals surface area contributed by atoms with E-state index < -0.39 is 17.8 Å². The molecule has 9 nitrogen and oxygen atoms in total. The van der Waals surface area contributed by atoms with Crippen molar-refractivity contribution in [3.63, 3.8) is 0 Å². The van der Waals surface area contributed by atoms with Crippen LogP contribution in [0.1, 0.15) is 0 Å². The lowest BCUT2D eigenvalue weighted by Crippen LogP contribution is -2.20. The Hall–Kier alpha value is -3.23. The van der Waals surface area contributed by atoms with Gasteiger partial charge in [0.2, 0.25) is 0 Å². The van der Waals surface area contributed by atoms with Gasteiger partial charge in [-0.05, 0) is 12.1 Å². The summed E-state index contributed by atoms with van der Waals surface area (Å²) in [5.74, 6) is -1.53. The number of methoxy groups -OCH3 is 3. The molecule has 0 unspecified atom stereocenters. The molecule has 0 bridgehead atoms. The third-order valence-corrected chi connectivity index (χ3v) is 2.68. The number of primary amides is 1. The second kappa shape index (κ2) is 9.03. The molecular weight excluding hydrogens is 320 g/mol. The van der Waals surface area contributed by atoms with Crippen molar-refractivity contribution in [1.82, 2.24) is 0 Å². The van der Waals surface area contributed by atoms with Gasteiger partial charge in [-0.25, -0.2) is 9.59 Å². The van der Waals surface area contributed by atoms with E-state index in [0.717, 1.165) is 6.08 Å². The predicted octanol–water partition coefficient (Wildman–Crippen LogP) is 0.201. The zero-order chi connectivity index (χ0) is 18.1. The molecule has 0 aliphatic heterocycles. The van der Waals surface area contributed by atoms with Crippen LogP contribution >= 0.6 is 0 Å². The first-order valence-electron chi connectivity index (χ1n) is 6.65.